The minimum absolute atomic E-state index is 0.0227. The first kappa shape index (κ1) is 23.2. The van der Waals surface area contributed by atoms with Crippen LogP contribution in [0.25, 0.3) is 0 Å². The quantitative estimate of drug-likeness (QED) is 0.348. The third-order valence-electron chi connectivity index (χ3n) is 4.21. The summed E-state index contributed by atoms with van der Waals surface area (Å²) in [7, 11) is 0. The van der Waals surface area contributed by atoms with E-state index in [0.29, 0.717) is 11.4 Å². The van der Waals surface area contributed by atoms with Gasteiger partial charge in [0.2, 0.25) is 0 Å². The molecule has 10 heteroatoms. The molecule has 3 aromatic carbocycles. The number of nitrogens with one attached hydrogen (secondary N) is 3. The molecule has 0 radical (unpaired) electrons. The van der Waals surface area contributed by atoms with Gasteiger partial charge in [-0.1, -0.05) is 34.1 Å². The van der Waals surface area contributed by atoms with E-state index in [1.807, 2.05) is 6.07 Å². The standard InChI is InChI=1S/C22H14BrF3N4OS/c23-14-4-3-5-15(10-14)28-20(31)17-6-1-2-7-19(17)30-21(32)29-16-9-8-13(12-27)18(11-16)22(24,25)26/h1-11H,(H,28,31)(H2,29,30,32). The number of benzene rings is 3. The van der Waals surface area contributed by atoms with Crippen LogP contribution in [0.4, 0.5) is 30.2 Å². The molecule has 32 heavy (non-hydrogen) atoms. The Kier molecular flexibility index (Phi) is 7.12. The Labute approximate surface area is 195 Å². The van der Waals surface area contributed by atoms with Crippen LogP contribution in [0.15, 0.2) is 71.2 Å². The summed E-state index contributed by atoms with van der Waals surface area (Å²) in [5, 5.41) is 17.1. The second-order valence-electron chi connectivity index (χ2n) is 6.46. The molecule has 162 valence electrons. The molecule has 0 heterocycles. The van der Waals surface area contributed by atoms with E-state index >= 15 is 0 Å². The predicted molar refractivity (Wildman–Crippen MR) is 125 cm³/mol. The lowest BCUT2D eigenvalue weighted by Gasteiger charge is -2.16. The highest BCUT2D eigenvalue weighted by Crippen LogP contribution is 2.33. The number of halogens is 4. The lowest BCUT2D eigenvalue weighted by atomic mass is 10.1. The van der Waals surface area contributed by atoms with E-state index in [1.165, 1.54) is 12.1 Å². The van der Waals surface area contributed by atoms with Crippen LogP contribution < -0.4 is 16.0 Å². The van der Waals surface area contributed by atoms with E-state index in [4.69, 9.17) is 17.5 Å². The fourth-order valence-electron chi connectivity index (χ4n) is 2.79. The first-order chi connectivity index (χ1) is 15.2. The third kappa shape index (κ3) is 5.84. The van der Waals surface area contributed by atoms with Gasteiger partial charge in [-0.05, 0) is 60.7 Å². The Morgan fingerprint density at radius 3 is 2.34 bits per heavy atom. The zero-order valence-electron chi connectivity index (χ0n) is 16.1. The van der Waals surface area contributed by atoms with Crippen molar-refractivity contribution in [2.24, 2.45) is 0 Å². The summed E-state index contributed by atoms with van der Waals surface area (Å²) >= 11 is 8.54. The fraction of sp³-hybridized carbons (Fsp3) is 0.0455. The molecule has 0 unspecified atom stereocenters. The number of nitriles is 1. The normalized spacial score (nSPS) is 10.7. The molecule has 0 spiro atoms. The van der Waals surface area contributed by atoms with Crippen LogP contribution in [0.2, 0.25) is 0 Å². The summed E-state index contributed by atoms with van der Waals surface area (Å²) in [6.07, 6.45) is -4.69. The van der Waals surface area contributed by atoms with Gasteiger partial charge >= 0.3 is 6.18 Å². The summed E-state index contributed by atoms with van der Waals surface area (Å²) in [5.41, 5.74) is -0.283. The van der Waals surface area contributed by atoms with Crippen LogP contribution >= 0.6 is 28.1 Å². The van der Waals surface area contributed by atoms with Gasteiger partial charge in [0.05, 0.1) is 28.4 Å². The van der Waals surface area contributed by atoms with Gasteiger partial charge in [-0.25, -0.2) is 0 Å². The molecular weight excluding hydrogens is 505 g/mol. The number of anilines is 3. The largest absolute Gasteiger partial charge is 0.417 e. The molecule has 0 aliphatic heterocycles. The third-order valence-corrected chi connectivity index (χ3v) is 4.90. The van der Waals surface area contributed by atoms with E-state index in [9.17, 15) is 18.0 Å². The van der Waals surface area contributed by atoms with Gasteiger partial charge in [0.15, 0.2) is 5.11 Å². The Morgan fingerprint density at radius 2 is 1.66 bits per heavy atom. The topological polar surface area (TPSA) is 77.0 Å². The number of carbonyl (C=O) groups excluding carboxylic acids is 1. The minimum atomic E-state index is -4.69. The predicted octanol–water partition coefficient (Wildman–Crippen LogP) is 6.40. The van der Waals surface area contributed by atoms with Crippen LogP contribution in [0.3, 0.4) is 0 Å². The van der Waals surface area contributed by atoms with E-state index in [0.717, 1.165) is 16.6 Å². The van der Waals surface area contributed by atoms with Crippen molar-refractivity contribution in [1.29, 1.82) is 5.26 Å². The summed E-state index contributed by atoms with van der Waals surface area (Å²) in [6.45, 7) is 0. The molecule has 0 aliphatic rings. The molecule has 3 N–H and O–H groups in total. The Morgan fingerprint density at radius 1 is 0.938 bits per heavy atom. The number of hydrogen-bond acceptors (Lipinski definition) is 3. The molecule has 3 rings (SSSR count). The van der Waals surface area contributed by atoms with E-state index in [1.54, 1.807) is 42.5 Å². The van der Waals surface area contributed by atoms with Crippen LogP contribution in [0.5, 0.6) is 0 Å². The maximum absolute atomic E-state index is 13.2. The molecule has 0 fully saturated rings. The molecular formula is C22H14BrF3N4OS. The number of carbonyl (C=O) groups is 1. The Hall–Kier alpha value is -3.42. The second-order valence-corrected chi connectivity index (χ2v) is 7.78. The zero-order valence-corrected chi connectivity index (χ0v) is 18.5. The molecule has 5 nitrogen and oxygen atoms in total. The van der Waals surface area contributed by atoms with Crippen LogP contribution in [0, 0.1) is 11.3 Å². The SMILES string of the molecule is N#Cc1ccc(NC(=S)Nc2ccccc2C(=O)Nc2cccc(Br)c2)cc1C(F)(F)F. The van der Waals surface area contributed by atoms with Gasteiger partial charge in [-0.3, -0.25) is 4.79 Å². The van der Waals surface area contributed by atoms with Crippen molar-refractivity contribution < 1.29 is 18.0 Å². The van der Waals surface area contributed by atoms with Crippen molar-refractivity contribution >= 4 is 56.2 Å². The number of alkyl halides is 3. The van der Waals surface area contributed by atoms with Gasteiger partial charge in [0, 0.05) is 15.8 Å². The van der Waals surface area contributed by atoms with Crippen molar-refractivity contribution in [3.63, 3.8) is 0 Å². The smallest absolute Gasteiger partial charge is 0.332 e. The maximum Gasteiger partial charge on any atom is 0.417 e. The first-order valence-electron chi connectivity index (χ1n) is 9.02. The number of amides is 1. The Bertz CT molecular complexity index is 1220. The van der Waals surface area contributed by atoms with Crippen molar-refractivity contribution in [2.45, 2.75) is 6.18 Å². The number of hydrogen-bond donors (Lipinski definition) is 3. The van der Waals surface area contributed by atoms with Gasteiger partial charge in [0.1, 0.15) is 0 Å². The maximum atomic E-state index is 13.2. The molecule has 0 aromatic heterocycles. The van der Waals surface area contributed by atoms with Gasteiger partial charge in [0.25, 0.3) is 5.91 Å². The molecule has 0 bridgehead atoms. The van der Waals surface area contributed by atoms with E-state index in [-0.39, 0.29) is 16.4 Å². The minimum Gasteiger partial charge on any atom is -0.332 e. The lowest BCUT2D eigenvalue weighted by molar-refractivity contribution is -0.137. The van der Waals surface area contributed by atoms with Crippen LogP contribution in [-0.2, 0) is 6.18 Å². The highest BCUT2D eigenvalue weighted by molar-refractivity contribution is 9.10. The zero-order chi connectivity index (χ0) is 23.3. The fourth-order valence-corrected chi connectivity index (χ4v) is 3.42. The molecule has 3 aromatic rings. The van der Waals surface area contributed by atoms with Crippen molar-refractivity contribution in [2.75, 3.05) is 16.0 Å². The second kappa shape index (κ2) is 9.80. The molecule has 1 amide bonds. The van der Waals surface area contributed by atoms with Gasteiger partial charge in [-0.2, -0.15) is 18.4 Å². The summed E-state index contributed by atoms with van der Waals surface area (Å²) in [4.78, 5) is 12.7. The first-order valence-corrected chi connectivity index (χ1v) is 10.2. The average molecular weight is 519 g/mol. The van der Waals surface area contributed by atoms with Crippen LogP contribution in [-0.4, -0.2) is 11.0 Å². The van der Waals surface area contributed by atoms with Crippen LogP contribution in [0.1, 0.15) is 21.5 Å². The van der Waals surface area contributed by atoms with Crippen molar-refractivity contribution in [3.05, 3.63) is 87.9 Å². The molecule has 0 saturated carbocycles. The van der Waals surface area contributed by atoms with Gasteiger partial charge < -0.3 is 16.0 Å². The molecule has 0 atom stereocenters. The summed E-state index contributed by atoms with van der Waals surface area (Å²) < 4.78 is 40.3. The lowest BCUT2D eigenvalue weighted by Crippen LogP contribution is -2.22. The molecule has 0 saturated heterocycles. The van der Waals surface area contributed by atoms with Crippen molar-refractivity contribution in [1.82, 2.24) is 0 Å². The summed E-state index contributed by atoms with van der Waals surface area (Å²) in [5.74, 6) is -0.397. The Balaban J connectivity index is 1.77. The summed E-state index contributed by atoms with van der Waals surface area (Å²) in [6, 6.07) is 18.3. The number of thiocarbonyl (C=S) groups is 1. The number of para-hydroxylation sites is 1. The van der Waals surface area contributed by atoms with E-state index < -0.39 is 23.2 Å². The van der Waals surface area contributed by atoms with Gasteiger partial charge in [-0.15, -0.1) is 0 Å². The molecule has 0 aliphatic carbocycles. The highest BCUT2D eigenvalue weighted by atomic mass is 79.9. The van der Waals surface area contributed by atoms with Crippen molar-refractivity contribution in [3.8, 4) is 6.07 Å². The average Bonchev–Trinajstić information content (AvgIpc) is 2.73. The van der Waals surface area contributed by atoms with E-state index in [2.05, 4.69) is 31.9 Å². The monoisotopic (exact) mass is 518 g/mol. The number of rotatable bonds is 4. The number of nitrogens with zero attached hydrogens (tertiary/aromatic N) is 1. The highest BCUT2D eigenvalue weighted by Gasteiger charge is 2.33.